The van der Waals surface area contributed by atoms with E-state index in [0.29, 0.717) is 39.6 Å². The number of nitrogen functional groups attached to an aromatic ring is 1. The van der Waals surface area contributed by atoms with Gasteiger partial charge in [0.2, 0.25) is 5.88 Å². The molecule has 1 aromatic carbocycles. The Labute approximate surface area is 168 Å². The smallest absolute Gasteiger partial charge is 0.213 e. The molecule has 7 heteroatoms. The number of pyridine rings is 2. The molecule has 1 aliphatic carbocycles. The maximum atomic E-state index is 10.6. The maximum absolute atomic E-state index is 10.6. The van der Waals surface area contributed by atoms with E-state index in [0.717, 1.165) is 29.9 Å². The summed E-state index contributed by atoms with van der Waals surface area (Å²) < 4.78 is 5.25. The molecule has 0 radical (unpaired) electrons. The van der Waals surface area contributed by atoms with Crippen LogP contribution in [0.15, 0.2) is 24.4 Å². The van der Waals surface area contributed by atoms with E-state index in [-0.39, 0.29) is 5.75 Å². The third-order valence-electron chi connectivity index (χ3n) is 6.15. The summed E-state index contributed by atoms with van der Waals surface area (Å²) in [7, 11) is 1.53. The molecule has 0 spiro atoms. The average Bonchev–Trinajstić information content (AvgIpc) is 3.10. The largest absolute Gasteiger partial charge is 0.507 e. The van der Waals surface area contributed by atoms with Crippen molar-refractivity contribution < 1.29 is 9.84 Å². The Morgan fingerprint density at radius 2 is 2.10 bits per heavy atom. The molecule has 1 saturated carbocycles. The van der Waals surface area contributed by atoms with Crippen molar-refractivity contribution in [1.29, 1.82) is 5.26 Å². The van der Waals surface area contributed by atoms with Gasteiger partial charge in [0.1, 0.15) is 11.8 Å². The van der Waals surface area contributed by atoms with Crippen molar-refractivity contribution >= 4 is 16.6 Å². The molecule has 2 aliphatic rings. The van der Waals surface area contributed by atoms with Crippen LogP contribution in [0.2, 0.25) is 0 Å². The number of aromatic hydroxyl groups is 1. The molecule has 0 saturated heterocycles. The molecule has 2 aromatic heterocycles. The van der Waals surface area contributed by atoms with Gasteiger partial charge in [-0.15, -0.1) is 0 Å². The molecule has 1 aliphatic heterocycles. The van der Waals surface area contributed by atoms with Crippen LogP contribution in [0.25, 0.3) is 22.0 Å². The van der Waals surface area contributed by atoms with E-state index in [2.05, 4.69) is 16.0 Å². The minimum absolute atomic E-state index is 0.0955. The van der Waals surface area contributed by atoms with E-state index in [1.54, 1.807) is 18.2 Å². The number of rotatable bonds is 3. The number of hydrogen-bond donors (Lipinski definition) is 2. The Balaban J connectivity index is 1.73. The number of hydrogen-bond acceptors (Lipinski definition) is 7. The molecular formula is C22H21N5O2. The van der Waals surface area contributed by atoms with Crippen molar-refractivity contribution in [2.45, 2.75) is 38.4 Å². The average molecular weight is 387 g/mol. The van der Waals surface area contributed by atoms with E-state index >= 15 is 0 Å². The predicted octanol–water partition coefficient (Wildman–Crippen LogP) is 3.33. The second-order valence-electron chi connectivity index (χ2n) is 7.68. The van der Waals surface area contributed by atoms with Crippen LogP contribution < -0.4 is 10.5 Å². The van der Waals surface area contributed by atoms with Gasteiger partial charge in [-0.3, -0.25) is 9.88 Å². The number of nitrogens with two attached hydrogens (primary N) is 1. The zero-order valence-electron chi connectivity index (χ0n) is 16.1. The van der Waals surface area contributed by atoms with Gasteiger partial charge in [0, 0.05) is 48.1 Å². The molecule has 5 rings (SSSR count). The van der Waals surface area contributed by atoms with Gasteiger partial charge >= 0.3 is 0 Å². The highest BCUT2D eigenvalue weighted by Crippen LogP contribution is 2.43. The number of aromatic nitrogens is 2. The first kappa shape index (κ1) is 17.7. The summed E-state index contributed by atoms with van der Waals surface area (Å²) in [5, 5.41) is 20.7. The molecule has 7 nitrogen and oxygen atoms in total. The molecule has 29 heavy (non-hydrogen) atoms. The fourth-order valence-electron chi connectivity index (χ4n) is 4.32. The van der Waals surface area contributed by atoms with E-state index in [9.17, 15) is 10.4 Å². The molecule has 1 fully saturated rings. The quantitative estimate of drug-likeness (QED) is 0.709. The van der Waals surface area contributed by atoms with Crippen molar-refractivity contribution in [2.24, 2.45) is 0 Å². The first-order valence-electron chi connectivity index (χ1n) is 9.72. The Bertz CT molecular complexity index is 1180. The zero-order valence-corrected chi connectivity index (χ0v) is 16.1. The van der Waals surface area contributed by atoms with E-state index in [1.807, 2.05) is 0 Å². The van der Waals surface area contributed by atoms with Gasteiger partial charge in [0.05, 0.1) is 35.0 Å². The first-order chi connectivity index (χ1) is 14.1. The Kier molecular flexibility index (Phi) is 4.03. The summed E-state index contributed by atoms with van der Waals surface area (Å²) in [4.78, 5) is 11.5. The highest BCUT2D eigenvalue weighted by atomic mass is 16.5. The monoisotopic (exact) mass is 387 g/mol. The van der Waals surface area contributed by atoms with Crippen LogP contribution in [0.3, 0.4) is 0 Å². The summed E-state index contributed by atoms with van der Waals surface area (Å²) in [6.07, 6.45) is 5.19. The number of ether oxygens (including phenoxy) is 1. The molecule has 3 aromatic rings. The van der Waals surface area contributed by atoms with Crippen LogP contribution >= 0.6 is 0 Å². The molecule has 0 bridgehead atoms. The Morgan fingerprint density at radius 3 is 2.79 bits per heavy atom. The molecule has 0 unspecified atom stereocenters. The lowest BCUT2D eigenvalue weighted by Gasteiger charge is -2.34. The lowest BCUT2D eigenvalue weighted by Crippen LogP contribution is -2.36. The Hall–Kier alpha value is -3.37. The zero-order chi connectivity index (χ0) is 20.1. The van der Waals surface area contributed by atoms with Crippen LogP contribution in [0, 0.1) is 11.3 Å². The molecule has 3 heterocycles. The summed E-state index contributed by atoms with van der Waals surface area (Å²) in [6, 6.07) is 7.87. The summed E-state index contributed by atoms with van der Waals surface area (Å²) in [5.74, 6) is 0.503. The van der Waals surface area contributed by atoms with Gasteiger partial charge < -0.3 is 15.6 Å². The second-order valence-corrected chi connectivity index (χ2v) is 7.68. The van der Waals surface area contributed by atoms with E-state index < -0.39 is 0 Å². The van der Waals surface area contributed by atoms with Crippen molar-refractivity contribution in [2.75, 3.05) is 12.8 Å². The third-order valence-corrected chi connectivity index (χ3v) is 6.15. The summed E-state index contributed by atoms with van der Waals surface area (Å²) in [5.41, 5.74) is 11.5. The molecule has 3 N–H and O–H groups in total. The van der Waals surface area contributed by atoms with E-state index in [1.165, 1.54) is 32.6 Å². The highest BCUT2D eigenvalue weighted by Gasteiger charge is 2.33. The van der Waals surface area contributed by atoms with Gasteiger partial charge in [0.25, 0.3) is 0 Å². The topological polar surface area (TPSA) is 108 Å². The van der Waals surface area contributed by atoms with Crippen LogP contribution in [0.1, 0.15) is 36.1 Å². The van der Waals surface area contributed by atoms with Crippen molar-refractivity contribution in [3.63, 3.8) is 0 Å². The predicted molar refractivity (Wildman–Crippen MR) is 109 cm³/mol. The maximum Gasteiger partial charge on any atom is 0.213 e. The van der Waals surface area contributed by atoms with Gasteiger partial charge in [-0.05, 0) is 25.0 Å². The number of nitriles is 1. The normalized spacial score (nSPS) is 16.4. The minimum atomic E-state index is 0.0955. The number of phenolic OH excluding ortho intramolecular Hbond substituents is 1. The number of fused-ring (bicyclic) bond motifs is 2. The molecule has 0 atom stereocenters. The van der Waals surface area contributed by atoms with Crippen molar-refractivity contribution in [3.8, 4) is 28.8 Å². The van der Waals surface area contributed by atoms with Crippen LogP contribution in [0.5, 0.6) is 11.6 Å². The molecule has 146 valence electrons. The standard InChI is InChI=1S/C22H21N5O2/c1-29-19-7-15(12(8-23)9-25-19)14-5-6-18(28)20-21(24)16-10-27(13-3-2-4-13)11-17(16)26-22(14)20/h5-7,9,13,28H,2-4,10-11H2,1H3,(H2,24,26). The number of anilines is 1. The number of nitrogens with zero attached hydrogens (tertiary/aromatic N) is 4. The molecular weight excluding hydrogens is 366 g/mol. The van der Waals surface area contributed by atoms with Crippen molar-refractivity contribution in [3.05, 3.63) is 41.2 Å². The fraction of sp³-hybridized carbons (Fsp3) is 0.318. The van der Waals surface area contributed by atoms with Gasteiger partial charge in [-0.25, -0.2) is 4.98 Å². The van der Waals surface area contributed by atoms with Crippen LogP contribution in [-0.2, 0) is 13.1 Å². The third kappa shape index (κ3) is 2.68. The Morgan fingerprint density at radius 1 is 1.28 bits per heavy atom. The minimum Gasteiger partial charge on any atom is -0.507 e. The highest BCUT2D eigenvalue weighted by molar-refractivity contribution is 6.05. The first-order valence-corrected chi connectivity index (χ1v) is 9.72. The lowest BCUT2D eigenvalue weighted by molar-refractivity contribution is 0.126. The van der Waals surface area contributed by atoms with Gasteiger partial charge in [0.15, 0.2) is 0 Å². The summed E-state index contributed by atoms with van der Waals surface area (Å²) in [6.45, 7) is 1.53. The second kappa shape index (κ2) is 6.61. The molecule has 0 amide bonds. The van der Waals surface area contributed by atoms with Crippen LogP contribution in [-0.4, -0.2) is 33.1 Å². The fourth-order valence-corrected chi connectivity index (χ4v) is 4.32. The lowest BCUT2D eigenvalue weighted by atomic mass is 9.92. The number of phenols is 1. The summed E-state index contributed by atoms with van der Waals surface area (Å²) >= 11 is 0. The van der Waals surface area contributed by atoms with Crippen LogP contribution in [0.4, 0.5) is 5.69 Å². The SMILES string of the molecule is COc1cc(-c2ccc(O)c3c(N)c4c(nc23)CN(C2CCC2)C4)c(C#N)cn1. The van der Waals surface area contributed by atoms with E-state index in [4.69, 9.17) is 15.5 Å². The number of methoxy groups -OCH3 is 1. The van der Waals surface area contributed by atoms with Gasteiger partial charge in [-0.1, -0.05) is 6.42 Å². The van der Waals surface area contributed by atoms with Crippen molar-refractivity contribution in [1.82, 2.24) is 14.9 Å². The van der Waals surface area contributed by atoms with Gasteiger partial charge in [-0.2, -0.15) is 5.26 Å². The number of benzene rings is 1.